The Hall–Kier alpha value is -1.07. The summed E-state index contributed by atoms with van der Waals surface area (Å²) in [5, 5.41) is 6.20. The van der Waals surface area contributed by atoms with E-state index in [-0.39, 0.29) is 29.7 Å². The average Bonchev–Trinajstić information content (AvgIpc) is 2.54. The minimum Gasteiger partial charge on any atom is -0.497 e. The second-order valence-electron chi connectivity index (χ2n) is 4.50. The smallest absolute Gasteiger partial charge is 0.211 e. The zero-order valence-electron chi connectivity index (χ0n) is 13.6. The number of hydrogen-bond acceptors (Lipinski definition) is 4. The number of benzene rings is 1. The van der Waals surface area contributed by atoms with Gasteiger partial charge in [-0.15, -0.1) is 24.0 Å². The molecule has 0 spiro atoms. The van der Waals surface area contributed by atoms with Gasteiger partial charge in [-0.25, -0.2) is 13.1 Å². The molecule has 0 aliphatic heterocycles. The number of hydrogen-bond donors (Lipinski definition) is 3. The third-order valence-electron chi connectivity index (χ3n) is 2.96. The normalized spacial score (nSPS) is 11.5. The van der Waals surface area contributed by atoms with Crippen LogP contribution >= 0.6 is 24.0 Å². The second kappa shape index (κ2) is 11.5. The summed E-state index contributed by atoms with van der Waals surface area (Å²) < 4.78 is 30.2. The van der Waals surface area contributed by atoms with Crippen molar-refractivity contribution in [1.82, 2.24) is 15.4 Å². The maximum atomic E-state index is 11.3. The lowest BCUT2D eigenvalue weighted by Crippen LogP contribution is -2.41. The Morgan fingerprint density at radius 2 is 1.83 bits per heavy atom. The zero-order valence-corrected chi connectivity index (χ0v) is 16.8. The number of ether oxygens (including phenoxy) is 1. The van der Waals surface area contributed by atoms with Crippen molar-refractivity contribution in [3.05, 3.63) is 29.8 Å². The number of sulfonamides is 1. The quantitative estimate of drug-likeness (QED) is 0.234. The minimum absolute atomic E-state index is 0. The van der Waals surface area contributed by atoms with Crippen molar-refractivity contribution in [1.29, 1.82) is 0 Å². The molecule has 0 bridgehead atoms. The maximum absolute atomic E-state index is 11.3. The fourth-order valence-corrected chi connectivity index (χ4v) is 2.26. The molecule has 0 aromatic heterocycles. The molecule has 0 saturated carbocycles. The molecule has 0 radical (unpaired) electrons. The van der Waals surface area contributed by atoms with Crippen molar-refractivity contribution in [2.24, 2.45) is 4.99 Å². The van der Waals surface area contributed by atoms with Gasteiger partial charge in [0.1, 0.15) is 5.75 Å². The molecule has 0 unspecified atom stereocenters. The van der Waals surface area contributed by atoms with Gasteiger partial charge in [0.2, 0.25) is 10.0 Å². The van der Waals surface area contributed by atoms with E-state index in [1.165, 1.54) is 0 Å². The molecule has 0 amide bonds. The van der Waals surface area contributed by atoms with Crippen molar-refractivity contribution in [2.75, 3.05) is 33.0 Å². The van der Waals surface area contributed by atoms with Gasteiger partial charge in [0.05, 0.1) is 12.9 Å². The monoisotopic (exact) mass is 456 g/mol. The number of halogens is 1. The average molecular weight is 456 g/mol. The number of nitrogens with zero attached hydrogens (tertiary/aromatic N) is 1. The highest BCUT2D eigenvalue weighted by Gasteiger charge is 2.05. The van der Waals surface area contributed by atoms with Crippen LogP contribution in [0.2, 0.25) is 0 Å². The van der Waals surface area contributed by atoms with Gasteiger partial charge in [0.25, 0.3) is 0 Å². The third-order valence-corrected chi connectivity index (χ3v) is 4.37. The molecule has 1 aromatic carbocycles. The molecule has 0 aliphatic rings. The zero-order chi connectivity index (χ0) is 16.4. The molecule has 1 aromatic rings. The molecule has 0 saturated heterocycles. The summed E-state index contributed by atoms with van der Waals surface area (Å²) in [6.07, 6.45) is 0. The van der Waals surface area contributed by atoms with Crippen molar-refractivity contribution < 1.29 is 13.2 Å². The van der Waals surface area contributed by atoms with Crippen molar-refractivity contribution in [3.63, 3.8) is 0 Å². The molecule has 7 nitrogen and oxygen atoms in total. The molecular formula is C14H25IN4O3S. The molecule has 9 heteroatoms. The first-order valence-electron chi connectivity index (χ1n) is 7.05. The minimum atomic E-state index is -3.15. The predicted octanol–water partition coefficient (Wildman–Crippen LogP) is 0.917. The summed E-state index contributed by atoms with van der Waals surface area (Å²) in [5.41, 5.74) is 1.09. The molecule has 132 valence electrons. The lowest BCUT2D eigenvalue weighted by Gasteiger charge is -2.12. The van der Waals surface area contributed by atoms with Gasteiger partial charge in [-0.1, -0.05) is 12.1 Å². The number of nitrogens with one attached hydrogen (secondary N) is 3. The van der Waals surface area contributed by atoms with Crippen molar-refractivity contribution >= 4 is 40.0 Å². The fourth-order valence-electron chi connectivity index (χ4n) is 1.64. The van der Waals surface area contributed by atoms with Gasteiger partial charge >= 0.3 is 0 Å². The molecular weight excluding hydrogens is 431 g/mol. The molecule has 0 atom stereocenters. The van der Waals surface area contributed by atoms with Crippen LogP contribution in [0.4, 0.5) is 0 Å². The lowest BCUT2D eigenvalue weighted by atomic mass is 10.2. The molecule has 3 N–H and O–H groups in total. The van der Waals surface area contributed by atoms with E-state index >= 15 is 0 Å². The van der Waals surface area contributed by atoms with Crippen LogP contribution in [0.5, 0.6) is 5.75 Å². The SMILES string of the molecule is CCS(=O)(=O)NCCNC(=NC)NCc1ccc(OC)cc1.I. The first-order chi connectivity index (χ1) is 10.5. The van der Waals surface area contributed by atoms with Gasteiger partial charge in [-0.2, -0.15) is 0 Å². The van der Waals surface area contributed by atoms with Crippen LogP contribution < -0.4 is 20.1 Å². The lowest BCUT2D eigenvalue weighted by molar-refractivity contribution is 0.414. The van der Waals surface area contributed by atoms with E-state index in [2.05, 4.69) is 20.3 Å². The second-order valence-corrected chi connectivity index (χ2v) is 6.59. The van der Waals surface area contributed by atoms with E-state index in [4.69, 9.17) is 4.74 Å². The van der Waals surface area contributed by atoms with Gasteiger partial charge in [-0.3, -0.25) is 4.99 Å². The number of methoxy groups -OCH3 is 1. The highest BCUT2D eigenvalue weighted by Crippen LogP contribution is 2.10. The Morgan fingerprint density at radius 1 is 1.17 bits per heavy atom. The van der Waals surface area contributed by atoms with Gasteiger partial charge < -0.3 is 15.4 Å². The Balaban J connectivity index is 0.00000484. The largest absolute Gasteiger partial charge is 0.497 e. The molecule has 0 heterocycles. The van der Waals surface area contributed by atoms with Gasteiger partial charge in [0, 0.05) is 26.7 Å². The predicted molar refractivity (Wildman–Crippen MR) is 104 cm³/mol. The Labute approximate surface area is 155 Å². The van der Waals surface area contributed by atoms with E-state index < -0.39 is 10.0 Å². The Kier molecular flexibility index (Phi) is 10.9. The van der Waals surface area contributed by atoms with Crippen LogP contribution in [0, 0.1) is 0 Å². The number of rotatable bonds is 8. The summed E-state index contributed by atoms with van der Waals surface area (Å²) in [4.78, 5) is 4.08. The van der Waals surface area contributed by atoms with Crippen LogP contribution in [-0.2, 0) is 16.6 Å². The standard InChI is InChI=1S/C14H24N4O3S.HI/c1-4-22(19,20)18-10-9-16-14(15-2)17-11-12-5-7-13(21-3)8-6-12;/h5-8,18H,4,9-11H2,1-3H3,(H2,15,16,17);1H. The van der Waals surface area contributed by atoms with E-state index in [9.17, 15) is 8.42 Å². The van der Waals surface area contributed by atoms with Crippen LogP contribution in [-0.4, -0.2) is 47.4 Å². The summed E-state index contributed by atoms with van der Waals surface area (Å²) in [6.45, 7) is 3.00. The topological polar surface area (TPSA) is 91.8 Å². The number of aliphatic imine (C=N–C) groups is 1. The van der Waals surface area contributed by atoms with E-state index in [0.717, 1.165) is 11.3 Å². The van der Waals surface area contributed by atoms with E-state index in [1.807, 2.05) is 24.3 Å². The molecule has 0 fully saturated rings. The van der Waals surface area contributed by atoms with Crippen LogP contribution in [0.3, 0.4) is 0 Å². The van der Waals surface area contributed by atoms with Gasteiger partial charge in [-0.05, 0) is 24.6 Å². The van der Waals surface area contributed by atoms with Crippen molar-refractivity contribution in [2.45, 2.75) is 13.5 Å². The fraction of sp³-hybridized carbons (Fsp3) is 0.500. The van der Waals surface area contributed by atoms with Crippen LogP contribution in [0.15, 0.2) is 29.3 Å². The summed E-state index contributed by atoms with van der Waals surface area (Å²) in [5.74, 6) is 1.51. The Bertz CT molecular complexity index is 576. The molecule has 1 rings (SSSR count). The van der Waals surface area contributed by atoms with E-state index in [1.54, 1.807) is 21.1 Å². The highest BCUT2D eigenvalue weighted by molar-refractivity contribution is 14.0. The van der Waals surface area contributed by atoms with Crippen molar-refractivity contribution in [3.8, 4) is 5.75 Å². The first kappa shape index (κ1) is 21.9. The Morgan fingerprint density at radius 3 is 2.35 bits per heavy atom. The van der Waals surface area contributed by atoms with Gasteiger partial charge in [0.15, 0.2) is 5.96 Å². The highest BCUT2D eigenvalue weighted by atomic mass is 127. The third kappa shape index (κ3) is 8.96. The maximum Gasteiger partial charge on any atom is 0.211 e. The van der Waals surface area contributed by atoms with E-state index in [0.29, 0.717) is 25.6 Å². The van der Waals surface area contributed by atoms with Crippen LogP contribution in [0.25, 0.3) is 0 Å². The summed E-state index contributed by atoms with van der Waals surface area (Å²) in [6, 6.07) is 7.72. The molecule has 23 heavy (non-hydrogen) atoms. The first-order valence-corrected chi connectivity index (χ1v) is 8.70. The summed E-state index contributed by atoms with van der Waals surface area (Å²) >= 11 is 0. The molecule has 0 aliphatic carbocycles. The summed E-state index contributed by atoms with van der Waals surface area (Å²) in [7, 11) is 0.149. The van der Waals surface area contributed by atoms with Crippen LogP contribution in [0.1, 0.15) is 12.5 Å². The number of guanidine groups is 1.